The van der Waals surface area contributed by atoms with Gasteiger partial charge in [-0.25, -0.2) is 4.98 Å². The van der Waals surface area contributed by atoms with Crippen LogP contribution in [0.25, 0.3) is 0 Å². The van der Waals surface area contributed by atoms with Gasteiger partial charge in [0.15, 0.2) is 0 Å². The van der Waals surface area contributed by atoms with E-state index in [0.29, 0.717) is 19.2 Å². The van der Waals surface area contributed by atoms with Crippen molar-refractivity contribution in [2.24, 2.45) is 5.73 Å². The molecule has 0 aliphatic carbocycles. The number of nitrogens with zero attached hydrogens (tertiary/aromatic N) is 3. The number of ether oxygens (including phenoxy) is 1. The van der Waals surface area contributed by atoms with Crippen molar-refractivity contribution in [3.05, 3.63) is 18.1 Å². The molecule has 0 atom stereocenters. The van der Waals surface area contributed by atoms with Crippen LogP contribution in [0.4, 0.5) is 5.82 Å². The molecule has 0 unspecified atom stereocenters. The van der Waals surface area contributed by atoms with E-state index in [1.165, 1.54) is 0 Å². The Morgan fingerprint density at radius 1 is 1.33 bits per heavy atom. The molecule has 0 aliphatic rings. The Balaban J connectivity index is 2.92. The number of nitrogens with two attached hydrogens (primary N) is 1. The minimum absolute atomic E-state index is 0.419. The van der Waals surface area contributed by atoms with Gasteiger partial charge in [-0.15, -0.1) is 0 Å². The molecule has 102 valence electrons. The van der Waals surface area contributed by atoms with Crippen molar-refractivity contribution >= 4 is 5.82 Å². The second-order valence-electron chi connectivity index (χ2n) is 4.23. The number of hydrogen-bond donors (Lipinski definition) is 1. The molecular weight excluding hydrogens is 228 g/mol. The highest BCUT2D eigenvalue weighted by Crippen LogP contribution is 2.17. The van der Waals surface area contributed by atoms with Crippen LogP contribution in [0.2, 0.25) is 0 Å². The maximum absolute atomic E-state index is 5.61. The third-order valence-corrected chi connectivity index (χ3v) is 3.09. The smallest absolute Gasteiger partial charge is 0.147 e. The SMILES string of the molecule is CCC(CC)N(CCOC)c1cncc(CN)n1. The van der Waals surface area contributed by atoms with Crippen LogP contribution in [-0.4, -0.2) is 36.3 Å². The van der Waals surface area contributed by atoms with Crippen LogP contribution in [-0.2, 0) is 11.3 Å². The second kappa shape index (κ2) is 8.00. The third kappa shape index (κ3) is 3.92. The highest BCUT2D eigenvalue weighted by atomic mass is 16.5. The van der Waals surface area contributed by atoms with Gasteiger partial charge in [-0.05, 0) is 12.8 Å². The van der Waals surface area contributed by atoms with Crippen LogP contribution in [0.3, 0.4) is 0 Å². The molecule has 0 aromatic carbocycles. The highest BCUT2D eigenvalue weighted by molar-refractivity contribution is 5.37. The number of methoxy groups -OCH3 is 1. The van der Waals surface area contributed by atoms with Gasteiger partial charge in [-0.2, -0.15) is 0 Å². The Bertz CT molecular complexity index is 342. The van der Waals surface area contributed by atoms with Crippen molar-refractivity contribution in [3.8, 4) is 0 Å². The standard InChI is InChI=1S/C13H24N4O/c1-4-12(5-2)17(6-7-18-3)13-10-15-9-11(8-14)16-13/h9-10,12H,4-8,14H2,1-3H3. The monoisotopic (exact) mass is 252 g/mol. The molecule has 0 saturated heterocycles. The quantitative estimate of drug-likeness (QED) is 0.761. The summed E-state index contributed by atoms with van der Waals surface area (Å²) in [5.74, 6) is 0.892. The van der Waals surface area contributed by atoms with Gasteiger partial charge in [0, 0.05) is 32.4 Å². The lowest BCUT2D eigenvalue weighted by Gasteiger charge is -2.31. The van der Waals surface area contributed by atoms with Crippen molar-refractivity contribution in [2.75, 3.05) is 25.2 Å². The van der Waals surface area contributed by atoms with Gasteiger partial charge in [0.2, 0.25) is 0 Å². The fraction of sp³-hybridized carbons (Fsp3) is 0.692. The summed E-state index contributed by atoms with van der Waals surface area (Å²) < 4.78 is 5.17. The molecule has 1 heterocycles. The predicted octanol–water partition coefficient (Wildman–Crippen LogP) is 1.58. The summed E-state index contributed by atoms with van der Waals surface area (Å²) in [6.07, 6.45) is 5.67. The normalized spacial score (nSPS) is 10.9. The largest absolute Gasteiger partial charge is 0.383 e. The van der Waals surface area contributed by atoms with E-state index in [4.69, 9.17) is 10.5 Å². The number of anilines is 1. The van der Waals surface area contributed by atoms with Gasteiger partial charge >= 0.3 is 0 Å². The first-order valence-corrected chi connectivity index (χ1v) is 6.53. The van der Waals surface area contributed by atoms with Crippen molar-refractivity contribution in [3.63, 3.8) is 0 Å². The molecule has 0 amide bonds. The average molecular weight is 252 g/mol. The van der Waals surface area contributed by atoms with Crippen LogP contribution in [0.15, 0.2) is 12.4 Å². The number of rotatable bonds is 8. The van der Waals surface area contributed by atoms with Crippen molar-refractivity contribution < 1.29 is 4.74 Å². The molecule has 0 saturated carbocycles. The molecule has 1 aromatic heterocycles. The van der Waals surface area contributed by atoms with Crippen molar-refractivity contribution in [1.29, 1.82) is 0 Å². The number of hydrogen-bond acceptors (Lipinski definition) is 5. The fourth-order valence-corrected chi connectivity index (χ4v) is 2.03. The molecule has 1 rings (SSSR count). The molecule has 0 bridgehead atoms. The topological polar surface area (TPSA) is 64.3 Å². The van der Waals surface area contributed by atoms with E-state index in [1.54, 1.807) is 19.5 Å². The average Bonchev–Trinajstić information content (AvgIpc) is 2.43. The van der Waals surface area contributed by atoms with Crippen LogP contribution in [0.5, 0.6) is 0 Å². The van der Waals surface area contributed by atoms with Gasteiger partial charge < -0.3 is 15.4 Å². The highest BCUT2D eigenvalue weighted by Gasteiger charge is 2.17. The zero-order chi connectivity index (χ0) is 13.4. The first kappa shape index (κ1) is 14.9. The lowest BCUT2D eigenvalue weighted by atomic mass is 10.1. The fourth-order valence-electron chi connectivity index (χ4n) is 2.03. The molecule has 5 heteroatoms. The zero-order valence-corrected chi connectivity index (χ0v) is 11.6. The second-order valence-corrected chi connectivity index (χ2v) is 4.23. The molecular formula is C13H24N4O. The molecule has 0 fully saturated rings. The maximum Gasteiger partial charge on any atom is 0.147 e. The van der Waals surface area contributed by atoms with Gasteiger partial charge in [0.25, 0.3) is 0 Å². The zero-order valence-electron chi connectivity index (χ0n) is 11.6. The van der Waals surface area contributed by atoms with Gasteiger partial charge in [-0.3, -0.25) is 4.98 Å². The van der Waals surface area contributed by atoms with Gasteiger partial charge in [0.1, 0.15) is 5.82 Å². The van der Waals surface area contributed by atoms with Crippen molar-refractivity contribution in [2.45, 2.75) is 39.3 Å². The Kier molecular flexibility index (Phi) is 6.60. The minimum atomic E-state index is 0.419. The maximum atomic E-state index is 5.61. The molecule has 0 aliphatic heterocycles. The molecule has 5 nitrogen and oxygen atoms in total. The van der Waals surface area contributed by atoms with E-state index in [-0.39, 0.29) is 0 Å². The summed E-state index contributed by atoms with van der Waals surface area (Å²) in [7, 11) is 1.72. The molecule has 18 heavy (non-hydrogen) atoms. The van der Waals surface area contributed by atoms with E-state index < -0.39 is 0 Å². The Labute approximate surface area is 109 Å². The van der Waals surface area contributed by atoms with E-state index >= 15 is 0 Å². The molecule has 1 aromatic rings. The summed E-state index contributed by atoms with van der Waals surface area (Å²) >= 11 is 0. The van der Waals surface area contributed by atoms with Crippen LogP contribution in [0.1, 0.15) is 32.4 Å². The van der Waals surface area contributed by atoms with E-state index in [9.17, 15) is 0 Å². The van der Waals surface area contributed by atoms with Gasteiger partial charge in [-0.1, -0.05) is 13.8 Å². The van der Waals surface area contributed by atoms with Crippen molar-refractivity contribution in [1.82, 2.24) is 9.97 Å². The van der Waals surface area contributed by atoms with Crippen LogP contribution in [0, 0.1) is 0 Å². The Morgan fingerprint density at radius 3 is 2.61 bits per heavy atom. The van der Waals surface area contributed by atoms with E-state index in [1.807, 2.05) is 0 Å². The van der Waals surface area contributed by atoms with Crippen LogP contribution >= 0.6 is 0 Å². The first-order chi connectivity index (χ1) is 8.76. The Hall–Kier alpha value is -1.20. The lowest BCUT2D eigenvalue weighted by molar-refractivity contribution is 0.202. The summed E-state index contributed by atoms with van der Waals surface area (Å²) in [4.78, 5) is 11.0. The predicted molar refractivity (Wildman–Crippen MR) is 73.5 cm³/mol. The van der Waals surface area contributed by atoms with Crippen LogP contribution < -0.4 is 10.6 Å². The summed E-state index contributed by atoms with van der Waals surface area (Å²) in [5, 5.41) is 0. The first-order valence-electron chi connectivity index (χ1n) is 6.53. The summed E-state index contributed by atoms with van der Waals surface area (Å²) in [6, 6.07) is 0.461. The third-order valence-electron chi connectivity index (χ3n) is 3.09. The van der Waals surface area contributed by atoms with E-state index in [0.717, 1.165) is 30.9 Å². The van der Waals surface area contributed by atoms with E-state index in [2.05, 4.69) is 28.7 Å². The lowest BCUT2D eigenvalue weighted by Crippen LogP contribution is -2.38. The molecule has 0 spiro atoms. The molecule has 0 radical (unpaired) electrons. The Morgan fingerprint density at radius 2 is 2.06 bits per heavy atom. The number of aromatic nitrogens is 2. The summed E-state index contributed by atoms with van der Waals surface area (Å²) in [5.41, 5.74) is 6.43. The van der Waals surface area contributed by atoms with Gasteiger partial charge in [0.05, 0.1) is 18.5 Å². The molecule has 2 N–H and O–H groups in total. The minimum Gasteiger partial charge on any atom is -0.383 e. The summed E-state index contributed by atoms with van der Waals surface area (Å²) in [6.45, 7) is 6.31.